The number of nitro benzene ring substituents is 1. The van der Waals surface area contributed by atoms with Crippen molar-refractivity contribution in [2.24, 2.45) is 0 Å². The molecule has 20 heavy (non-hydrogen) atoms. The summed E-state index contributed by atoms with van der Waals surface area (Å²) in [6.07, 6.45) is 0.0200. The van der Waals surface area contributed by atoms with Gasteiger partial charge in [-0.2, -0.15) is 0 Å². The summed E-state index contributed by atoms with van der Waals surface area (Å²) in [6.45, 7) is 2.01. The average molecular weight is 301 g/mol. The van der Waals surface area contributed by atoms with Gasteiger partial charge < -0.3 is 10.1 Å². The average Bonchev–Trinajstić information content (AvgIpc) is 2.38. The van der Waals surface area contributed by atoms with Crippen molar-refractivity contribution < 1.29 is 19.2 Å². The lowest BCUT2D eigenvalue weighted by atomic mass is 10.2. The summed E-state index contributed by atoms with van der Waals surface area (Å²) in [5, 5.41) is 12.9. The molecule has 1 N–H and O–H groups in total. The van der Waals surface area contributed by atoms with E-state index in [9.17, 15) is 19.7 Å². The van der Waals surface area contributed by atoms with E-state index in [-0.39, 0.29) is 35.8 Å². The van der Waals surface area contributed by atoms with Crippen molar-refractivity contribution in [1.82, 2.24) is 5.32 Å². The molecular formula is C12H13ClN2O5. The molecule has 1 rings (SSSR count). The maximum Gasteiger partial charge on any atom is 0.307 e. The highest BCUT2D eigenvalue weighted by molar-refractivity contribution is 6.35. The lowest BCUT2D eigenvalue weighted by molar-refractivity contribution is -0.384. The summed E-state index contributed by atoms with van der Waals surface area (Å²) in [5.41, 5.74) is -0.352. The van der Waals surface area contributed by atoms with Gasteiger partial charge in [-0.05, 0) is 13.0 Å². The minimum Gasteiger partial charge on any atom is -0.466 e. The molecule has 0 saturated heterocycles. The molecule has 0 spiro atoms. The van der Waals surface area contributed by atoms with Crippen molar-refractivity contribution in [3.05, 3.63) is 38.9 Å². The zero-order chi connectivity index (χ0) is 15.1. The normalized spacial score (nSPS) is 9.90. The molecule has 1 amide bonds. The van der Waals surface area contributed by atoms with E-state index >= 15 is 0 Å². The molecule has 0 fully saturated rings. The number of rotatable bonds is 6. The third-order valence-electron chi connectivity index (χ3n) is 2.34. The number of carbonyl (C=O) groups excluding carboxylic acids is 2. The quantitative estimate of drug-likeness (QED) is 0.491. The topological polar surface area (TPSA) is 98.5 Å². The van der Waals surface area contributed by atoms with Crippen LogP contribution in [0, 0.1) is 10.1 Å². The summed E-state index contributed by atoms with van der Waals surface area (Å²) in [6, 6.07) is 3.94. The molecule has 8 heteroatoms. The largest absolute Gasteiger partial charge is 0.466 e. The van der Waals surface area contributed by atoms with Crippen LogP contribution in [0.25, 0.3) is 0 Å². The molecular weight excluding hydrogens is 288 g/mol. The number of ether oxygens (including phenoxy) is 1. The predicted octanol–water partition coefficient (Wildman–Crippen LogP) is 1.93. The second-order valence-electron chi connectivity index (χ2n) is 3.71. The highest BCUT2D eigenvalue weighted by Gasteiger charge is 2.19. The van der Waals surface area contributed by atoms with E-state index < -0.39 is 16.8 Å². The first kappa shape index (κ1) is 15.9. The Labute approximate surface area is 120 Å². The van der Waals surface area contributed by atoms with Crippen LogP contribution < -0.4 is 5.32 Å². The van der Waals surface area contributed by atoms with Gasteiger partial charge in [0.05, 0.1) is 23.5 Å². The van der Waals surface area contributed by atoms with E-state index in [2.05, 4.69) is 5.32 Å². The maximum atomic E-state index is 11.8. The molecule has 1 aromatic rings. The van der Waals surface area contributed by atoms with Crippen LogP contribution in [0.2, 0.25) is 5.02 Å². The number of nitrogens with zero attached hydrogens (tertiary/aromatic N) is 1. The molecule has 7 nitrogen and oxygen atoms in total. The Morgan fingerprint density at radius 2 is 2.15 bits per heavy atom. The summed E-state index contributed by atoms with van der Waals surface area (Å²) < 4.78 is 4.70. The molecule has 0 atom stereocenters. The number of nitro groups is 1. The van der Waals surface area contributed by atoms with Crippen LogP contribution in [0.15, 0.2) is 18.2 Å². The van der Waals surface area contributed by atoms with Gasteiger partial charge in [-0.15, -0.1) is 0 Å². The maximum absolute atomic E-state index is 11.8. The summed E-state index contributed by atoms with van der Waals surface area (Å²) in [7, 11) is 0. The van der Waals surface area contributed by atoms with Crippen molar-refractivity contribution in [3.8, 4) is 0 Å². The van der Waals surface area contributed by atoms with Gasteiger partial charge in [-0.25, -0.2) is 0 Å². The smallest absolute Gasteiger partial charge is 0.307 e. The van der Waals surface area contributed by atoms with Crippen LogP contribution in [-0.4, -0.2) is 30.0 Å². The first-order valence-electron chi connectivity index (χ1n) is 5.84. The van der Waals surface area contributed by atoms with Crippen LogP contribution in [-0.2, 0) is 9.53 Å². The van der Waals surface area contributed by atoms with Gasteiger partial charge in [0.2, 0.25) is 0 Å². The fourth-order valence-electron chi connectivity index (χ4n) is 1.44. The van der Waals surface area contributed by atoms with Gasteiger partial charge >= 0.3 is 5.97 Å². The van der Waals surface area contributed by atoms with Gasteiger partial charge in [-0.1, -0.05) is 17.7 Å². The molecule has 1 aromatic carbocycles. The number of carbonyl (C=O) groups is 2. The third kappa shape index (κ3) is 4.20. The number of esters is 1. The Kier molecular flexibility index (Phi) is 5.92. The number of nitrogens with one attached hydrogen (secondary N) is 1. The Morgan fingerprint density at radius 3 is 2.75 bits per heavy atom. The van der Waals surface area contributed by atoms with Gasteiger partial charge in [-0.3, -0.25) is 19.7 Å². The van der Waals surface area contributed by atoms with Crippen molar-refractivity contribution in [2.45, 2.75) is 13.3 Å². The molecule has 0 unspecified atom stereocenters. The molecule has 0 heterocycles. The fraction of sp³-hybridized carbons (Fsp3) is 0.333. The van der Waals surface area contributed by atoms with Crippen molar-refractivity contribution in [3.63, 3.8) is 0 Å². The molecule has 0 radical (unpaired) electrons. The zero-order valence-electron chi connectivity index (χ0n) is 10.7. The van der Waals surface area contributed by atoms with E-state index in [0.717, 1.165) is 0 Å². The molecule has 0 saturated carbocycles. The molecule has 0 aliphatic heterocycles. The first-order valence-corrected chi connectivity index (χ1v) is 6.21. The monoisotopic (exact) mass is 300 g/mol. The molecule has 108 valence electrons. The second-order valence-corrected chi connectivity index (χ2v) is 4.08. The van der Waals surface area contributed by atoms with Crippen molar-refractivity contribution in [2.75, 3.05) is 13.2 Å². The van der Waals surface area contributed by atoms with Crippen LogP contribution in [0.3, 0.4) is 0 Å². The molecule has 0 aromatic heterocycles. The van der Waals surface area contributed by atoms with Gasteiger partial charge in [0.25, 0.3) is 11.6 Å². The Bertz CT molecular complexity index is 533. The van der Waals surface area contributed by atoms with Gasteiger partial charge in [0, 0.05) is 12.6 Å². The summed E-state index contributed by atoms with van der Waals surface area (Å²) in [5.74, 6) is -1.01. The lowest BCUT2D eigenvalue weighted by Gasteiger charge is -2.06. The van der Waals surface area contributed by atoms with E-state index in [1.807, 2.05) is 0 Å². The van der Waals surface area contributed by atoms with Crippen molar-refractivity contribution >= 4 is 29.2 Å². The van der Waals surface area contributed by atoms with Gasteiger partial charge in [0.1, 0.15) is 5.02 Å². The van der Waals surface area contributed by atoms with E-state index in [4.69, 9.17) is 16.3 Å². The zero-order valence-corrected chi connectivity index (χ0v) is 11.5. The minimum atomic E-state index is -0.669. The number of hydrogen-bond donors (Lipinski definition) is 1. The molecule has 0 aliphatic rings. The summed E-state index contributed by atoms with van der Waals surface area (Å²) >= 11 is 5.80. The summed E-state index contributed by atoms with van der Waals surface area (Å²) in [4.78, 5) is 32.9. The number of halogens is 1. The van der Waals surface area contributed by atoms with Crippen molar-refractivity contribution in [1.29, 1.82) is 0 Å². The highest BCUT2D eigenvalue weighted by Crippen LogP contribution is 2.27. The van der Waals surface area contributed by atoms with Gasteiger partial charge in [0.15, 0.2) is 0 Å². The number of amides is 1. The molecule has 0 aliphatic carbocycles. The third-order valence-corrected chi connectivity index (χ3v) is 2.74. The lowest BCUT2D eigenvalue weighted by Crippen LogP contribution is -2.26. The van der Waals surface area contributed by atoms with Crippen LogP contribution in [0.1, 0.15) is 23.7 Å². The predicted molar refractivity (Wildman–Crippen MR) is 71.7 cm³/mol. The van der Waals surface area contributed by atoms with Crippen LogP contribution in [0.4, 0.5) is 5.69 Å². The first-order chi connectivity index (χ1) is 9.47. The van der Waals surface area contributed by atoms with Crippen LogP contribution >= 0.6 is 11.6 Å². The Balaban J connectivity index is 2.67. The SMILES string of the molecule is CCOC(=O)CCNC(=O)c1cccc([N+](=O)[O-])c1Cl. The van der Waals surface area contributed by atoms with E-state index in [1.54, 1.807) is 6.92 Å². The highest BCUT2D eigenvalue weighted by atomic mass is 35.5. The number of hydrogen-bond acceptors (Lipinski definition) is 5. The van der Waals surface area contributed by atoms with Crippen LogP contribution in [0.5, 0.6) is 0 Å². The molecule has 0 bridgehead atoms. The van der Waals surface area contributed by atoms with E-state index in [0.29, 0.717) is 0 Å². The Morgan fingerprint density at radius 1 is 1.45 bits per heavy atom. The number of benzene rings is 1. The fourth-order valence-corrected chi connectivity index (χ4v) is 1.72. The minimum absolute atomic E-state index is 0.00951. The van der Waals surface area contributed by atoms with E-state index in [1.165, 1.54) is 18.2 Å². The standard InChI is InChI=1S/C12H13ClN2O5/c1-2-20-10(16)6-7-14-12(17)8-4-3-5-9(11(8)13)15(18)19/h3-5H,2,6-7H2,1H3,(H,14,17). The second kappa shape index (κ2) is 7.44. The Hall–Kier alpha value is -2.15.